The van der Waals surface area contributed by atoms with Gasteiger partial charge in [-0.25, -0.2) is 0 Å². The SMILES string of the molecule is CSc1ccc(/C=[N+](\[O-])C2SC(=S)N(C)C2(C)C)cc1. The van der Waals surface area contributed by atoms with E-state index in [1.807, 2.05) is 56.3 Å². The number of hydrogen-bond donors (Lipinski definition) is 0. The summed E-state index contributed by atoms with van der Waals surface area (Å²) in [5.74, 6) is 0. The van der Waals surface area contributed by atoms with Crippen molar-refractivity contribution < 1.29 is 4.74 Å². The first-order chi connectivity index (χ1) is 9.36. The molecule has 20 heavy (non-hydrogen) atoms. The fourth-order valence-electron chi connectivity index (χ4n) is 1.99. The zero-order chi connectivity index (χ0) is 14.9. The van der Waals surface area contributed by atoms with Crippen molar-refractivity contribution in [1.82, 2.24) is 4.90 Å². The molecule has 0 radical (unpaired) electrons. The van der Waals surface area contributed by atoms with E-state index in [0.717, 1.165) is 14.6 Å². The molecule has 108 valence electrons. The fourth-order valence-corrected chi connectivity index (χ4v) is 4.10. The molecule has 0 saturated carbocycles. The van der Waals surface area contributed by atoms with E-state index in [9.17, 15) is 5.21 Å². The van der Waals surface area contributed by atoms with Crippen LogP contribution in [0.4, 0.5) is 0 Å². The third-order valence-electron chi connectivity index (χ3n) is 3.58. The Hall–Kier alpha value is -0.720. The van der Waals surface area contributed by atoms with Crippen molar-refractivity contribution in [3.05, 3.63) is 35.0 Å². The van der Waals surface area contributed by atoms with E-state index in [1.54, 1.807) is 18.0 Å². The highest BCUT2D eigenvalue weighted by atomic mass is 32.2. The van der Waals surface area contributed by atoms with Crippen LogP contribution in [-0.2, 0) is 0 Å². The molecule has 0 amide bonds. The standard InChI is InChI=1S/C14H18N2OS3/c1-14(2)12(20-13(18)15(14)3)16(17)9-10-5-7-11(19-4)8-6-10/h5-9,12H,1-4H3/b16-9-. The van der Waals surface area contributed by atoms with Crippen molar-refractivity contribution in [3.63, 3.8) is 0 Å². The van der Waals surface area contributed by atoms with Crippen molar-refractivity contribution in [1.29, 1.82) is 0 Å². The Morgan fingerprint density at radius 2 is 2.00 bits per heavy atom. The van der Waals surface area contributed by atoms with E-state index in [-0.39, 0.29) is 10.9 Å². The molecule has 0 aliphatic carbocycles. The van der Waals surface area contributed by atoms with Gasteiger partial charge in [-0.15, -0.1) is 11.8 Å². The molecular formula is C14H18N2OS3. The summed E-state index contributed by atoms with van der Waals surface area (Å²) < 4.78 is 1.79. The summed E-state index contributed by atoms with van der Waals surface area (Å²) in [6.07, 6.45) is 3.68. The van der Waals surface area contributed by atoms with Crippen molar-refractivity contribution in [2.24, 2.45) is 0 Å². The summed E-state index contributed by atoms with van der Waals surface area (Å²) in [6, 6.07) is 7.97. The second kappa shape index (κ2) is 5.95. The summed E-state index contributed by atoms with van der Waals surface area (Å²) in [5, 5.41) is 12.2. The van der Waals surface area contributed by atoms with Gasteiger partial charge in [-0.05, 0) is 56.1 Å². The first-order valence-corrected chi connectivity index (χ1v) is 8.76. The maximum Gasteiger partial charge on any atom is 0.238 e. The van der Waals surface area contributed by atoms with Crippen LogP contribution in [0.15, 0.2) is 29.2 Å². The molecule has 2 rings (SSSR count). The number of rotatable bonds is 3. The van der Waals surface area contributed by atoms with Gasteiger partial charge in [0.1, 0.15) is 9.86 Å². The fraction of sp³-hybridized carbons (Fsp3) is 0.429. The van der Waals surface area contributed by atoms with Gasteiger partial charge in [0.2, 0.25) is 5.37 Å². The molecule has 1 atom stereocenters. The average molecular weight is 327 g/mol. The quantitative estimate of drug-likeness (QED) is 0.212. The second-order valence-electron chi connectivity index (χ2n) is 5.21. The summed E-state index contributed by atoms with van der Waals surface area (Å²) in [5.41, 5.74) is 0.633. The van der Waals surface area contributed by atoms with Gasteiger partial charge in [-0.1, -0.05) is 12.2 Å². The molecule has 1 aromatic carbocycles. The van der Waals surface area contributed by atoms with Crippen LogP contribution in [0, 0.1) is 5.21 Å². The second-order valence-corrected chi connectivity index (χ2v) is 7.80. The predicted octanol–water partition coefficient (Wildman–Crippen LogP) is 3.41. The zero-order valence-corrected chi connectivity index (χ0v) is 14.4. The van der Waals surface area contributed by atoms with Gasteiger partial charge in [0.15, 0.2) is 6.21 Å². The lowest BCUT2D eigenvalue weighted by Gasteiger charge is -2.30. The Kier molecular flexibility index (Phi) is 4.66. The van der Waals surface area contributed by atoms with E-state index < -0.39 is 0 Å². The molecule has 0 spiro atoms. The monoisotopic (exact) mass is 326 g/mol. The first kappa shape index (κ1) is 15.7. The lowest BCUT2D eigenvalue weighted by atomic mass is 10.0. The van der Waals surface area contributed by atoms with E-state index in [0.29, 0.717) is 0 Å². The zero-order valence-electron chi connectivity index (χ0n) is 12.0. The molecule has 1 fully saturated rings. The predicted molar refractivity (Wildman–Crippen MR) is 92.8 cm³/mol. The van der Waals surface area contributed by atoms with E-state index >= 15 is 0 Å². The van der Waals surface area contributed by atoms with Crippen molar-refractivity contribution in [2.45, 2.75) is 29.7 Å². The molecule has 1 unspecified atom stereocenters. The van der Waals surface area contributed by atoms with Gasteiger partial charge in [0.05, 0.1) is 0 Å². The number of likely N-dealkylation sites (N-methyl/N-ethyl adjacent to an activating group) is 1. The van der Waals surface area contributed by atoms with Crippen LogP contribution in [0.2, 0.25) is 0 Å². The van der Waals surface area contributed by atoms with Crippen LogP contribution in [0.25, 0.3) is 0 Å². The molecule has 1 aromatic rings. The van der Waals surface area contributed by atoms with Crippen LogP contribution in [0.3, 0.4) is 0 Å². The van der Waals surface area contributed by atoms with Crippen LogP contribution >= 0.6 is 35.7 Å². The van der Waals surface area contributed by atoms with Crippen molar-refractivity contribution >= 4 is 46.3 Å². The normalized spacial score (nSPS) is 22.4. The van der Waals surface area contributed by atoms with Gasteiger partial charge in [0.25, 0.3) is 0 Å². The Morgan fingerprint density at radius 3 is 2.45 bits per heavy atom. The molecule has 1 aliphatic rings. The van der Waals surface area contributed by atoms with E-state index in [2.05, 4.69) is 0 Å². The number of nitrogens with zero attached hydrogens (tertiary/aromatic N) is 2. The Balaban J connectivity index is 2.24. The van der Waals surface area contributed by atoms with Crippen LogP contribution < -0.4 is 0 Å². The lowest BCUT2D eigenvalue weighted by molar-refractivity contribution is -0.480. The molecule has 1 heterocycles. The number of thioether (sulfide) groups is 2. The molecule has 0 aromatic heterocycles. The molecule has 3 nitrogen and oxygen atoms in total. The Labute approximate surface area is 134 Å². The molecule has 6 heteroatoms. The third-order valence-corrected chi connectivity index (χ3v) is 6.37. The topological polar surface area (TPSA) is 29.3 Å². The van der Waals surface area contributed by atoms with Crippen LogP contribution in [-0.4, -0.2) is 44.4 Å². The van der Waals surface area contributed by atoms with E-state index in [4.69, 9.17) is 12.2 Å². The minimum atomic E-state index is -0.279. The minimum absolute atomic E-state index is 0.222. The maximum atomic E-state index is 12.4. The largest absolute Gasteiger partial charge is 0.623 e. The molecule has 1 aliphatic heterocycles. The number of hydroxylamine groups is 1. The van der Waals surface area contributed by atoms with Gasteiger partial charge >= 0.3 is 0 Å². The summed E-state index contributed by atoms with van der Waals surface area (Å²) in [4.78, 5) is 3.18. The molecule has 1 saturated heterocycles. The highest BCUT2D eigenvalue weighted by Crippen LogP contribution is 2.38. The smallest absolute Gasteiger partial charge is 0.238 e. The van der Waals surface area contributed by atoms with Crippen LogP contribution in [0.1, 0.15) is 19.4 Å². The summed E-state index contributed by atoms with van der Waals surface area (Å²) >= 11 is 8.43. The first-order valence-electron chi connectivity index (χ1n) is 6.25. The maximum absolute atomic E-state index is 12.4. The average Bonchev–Trinajstić information content (AvgIpc) is 2.63. The van der Waals surface area contributed by atoms with E-state index in [1.165, 1.54) is 16.7 Å². The minimum Gasteiger partial charge on any atom is -0.623 e. The number of benzene rings is 1. The highest BCUT2D eigenvalue weighted by Gasteiger charge is 2.48. The van der Waals surface area contributed by atoms with Gasteiger partial charge < -0.3 is 10.1 Å². The Morgan fingerprint density at radius 1 is 1.40 bits per heavy atom. The van der Waals surface area contributed by atoms with Gasteiger partial charge in [-0.2, -0.15) is 4.74 Å². The highest BCUT2D eigenvalue weighted by molar-refractivity contribution is 8.23. The number of thiocarbonyl (C=S) groups is 1. The molecule has 0 bridgehead atoms. The third kappa shape index (κ3) is 2.97. The lowest BCUT2D eigenvalue weighted by Crippen LogP contribution is -2.47. The van der Waals surface area contributed by atoms with Gasteiger partial charge in [0, 0.05) is 17.5 Å². The summed E-state index contributed by atoms with van der Waals surface area (Å²) in [6.45, 7) is 4.08. The molecule has 0 N–H and O–H groups in total. The Bertz CT molecular complexity index is 540. The summed E-state index contributed by atoms with van der Waals surface area (Å²) in [7, 11) is 1.94. The number of hydrogen-bond acceptors (Lipinski definition) is 4. The van der Waals surface area contributed by atoms with Crippen molar-refractivity contribution in [2.75, 3.05) is 13.3 Å². The van der Waals surface area contributed by atoms with Crippen LogP contribution in [0.5, 0.6) is 0 Å². The van der Waals surface area contributed by atoms with Gasteiger partial charge in [-0.3, -0.25) is 0 Å². The molecular weight excluding hydrogens is 308 g/mol. The van der Waals surface area contributed by atoms with Crippen molar-refractivity contribution in [3.8, 4) is 0 Å².